The maximum absolute atomic E-state index is 6.25. The van der Waals surface area contributed by atoms with Crippen molar-refractivity contribution in [3.63, 3.8) is 0 Å². The number of anilines is 1. The molecule has 0 aromatic heterocycles. The van der Waals surface area contributed by atoms with Crippen molar-refractivity contribution in [1.29, 1.82) is 0 Å². The minimum atomic E-state index is 0. The van der Waals surface area contributed by atoms with Gasteiger partial charge in [-0.2, -0.15) is 0 Å². The van der Waals surface area contributed by atoms with Gasteiger partial charge in [-0.25, -0.2) is 0 Å². The van der Waals surface area contributed by atoms with E-state index in [1.165, 1.54) is 16.7 Å². The molecule has 2 aliphatic heterocycles. The highest BCUT2D eigenvalue weighted by Gasteiger charge is 2.35. The van der Waals surface area contributed by atoms with E-state index in [1.807, 2.05) is 12.1 Å². The van der Waals surface area contributed by atoms with Crippen LogP contribution in [-0.2, 0) is 0 Å². The van der Waals surface area contributed by atoms with E-state index in [9.17, 15) is 0 Å². The van der Waals surface area contributed by atoms with Crippen LogP contribution in [0, 0.1) is 0 Å². The molecule has 3 nitrogen and oxygen atoms in total. The fourth-order valence-corrected chi connectivity index (χ4v) is 3.83. The largest absolute Gasteiger partial charge is 0.398 e. The molecule has 4 rings (SSSR count). The van der Waals surface area contributed by atoms with Gasteiger partial charge in [-0.1, -0.05) is 42.5 Å². The summed E-state index contributed by atoms with van der Waals surface area (Å²) >= 11 is 0. The number of nitrogens with zero attached hydrogens (tertiary/aromatic N) is 1. The van der Waals surface area contributed by atoms with Crippen molar-refractivity contribution in [3.05, 3.63) is 65.2 Å². The van der Waals surface area contributed by atoms with Crippen LogP contribution < -0.4 is 11.1 Å². The maximum atomic E-state index is 6.25. The highest BCUT2D eigenvalue weighted by Crippen LogP contribution is 2.41. The van der Waals surface area contributed by atoms with Crippen molar-refractivity contribution in [2.24, 2.45) is 0 Å². The van der Waals surface area contributed by atoms with Gasteiger partial charge in [0.05, 0.1) is 0 Å². The molecule has 2 aromatic rings. The Bertz CT molecular complexity index is 662. The summed E-state index contributed by atoms with van der Waals surface area (Å²) in [6, 6.07) is 17.7. The van der Waals surface area contributed by atoms with E-state index in [1.54, 1.807) is 0 Å². The summed E-state index contributed by atoms with van der Waals surface area (Å²) in [4.78, 5) is 2.61. The molecule has 2 atom stereocenters. The van der Waals surface area contributed by atoms with Crippen LogP contribution in [0.3, 0.4) is 0 Å². The lowest BCUT2D eigenvalue weighted by Crippen LogP contribution is -2.50. The van der Waals surface area contributed by atoms with Gasteiger partial charge in [-0.05, 0) is 22.8 Å². The van der Waals surface area contributed by atoms with Crippen LogP contribution in [0.1, 0.15) is 28.7 Å². The Morgan fingerprint density at radius 3 is 2.30 bits per heavy atom. The van der Waals surface area contributed by atoms with Crippen molar-refractivity contribution in [1.82, 2.24) is 10.2 Å². The Balaban J connectivity index is 0.000000960. The number of fused-ring (bicyclic) bond motifs is 3. The van der Waals surface area contributed by atoms with Gasteiger partial charge >= 0.3 is 0 Å². The third-order valence-electron chi connectivity index (χ3n) is 4.87. The standard InChI is InChI=1S/C18H21N3.2ClH/c19-17-8-4-3-6-14(17)16-12-21-10-9-20-11-18(21)15-7-2-1-5-13(15)16;;/h1-8,16,18,20H,9-12,19H2;2*1H/t16-,18-;;/m1../s1. The summed E-state index contributed by atoms with van der Waals surface area (Å²) in [7, 11) is 0. The molecule has 1 saturated heterocycles. The average Bonchev–Trinajstić information content (AvgIpc) is 2.55. The lowest BCUT2D eigenvalue weighted by Gasteiger charge is -2.44. The first kappa shape index (κ1) is 18.1. The molecular formula is C18H23Cl2N3. The van der Waals surface area contributed by atoms with E-state index in [4.69, 9.17) is 5.73 Å². The van der Waals surface area contributed by atoms with Gasteiger partial charge in [0.1, 0.15) is 0 Å². The van der Waals surface area contributed by atoms with Crippen LogP contribution in [0.25, 0.3) is 0 Å². The van der Waals surface area contributed by atoms with Gasteiger partial charge in [-0.3, -0.25) is 4.90 Å². The second kappa shape index (κ2) is 7.54. The summed E-state index contributed by atoms with van der Waals surface area (Å²) in [5.74, 6) is 0.386. The topological polar surface area (TPSA) is 41.3 Å². The molecule has 2 aromatic carbocycles. The minimum absolute atomic E-state index is 0. The smallest absolute Gasteiger partial charge is 0.0476 e. The Kier molecular flexibility index (Phi) is 5.93. The van der Waals surface area contributed by atoms with Gasteiger partial charge in [0.25, 0.3) is 0 Å². The summed E-state index contributed by atoms with van der Waals surface area (Å²) < 4.78 is 0. The number of para-hydroxylation sites is 1. The number of halogens is 2. The molecule has 2 aliphatic rings. The van der Waals surface area contributed by atoms with E-state index < -0.39 is 0 Å². The number of piperazine rings is 1. The van der Waals surface area contributed by atoms with Gasteiger partial charge in [0.15, 0.2) is 0 Å². The second-order valence-electron chi connectivity index (χ2n) is 6.03. The molecule has 0 spiro atoms. The lowest BCUT2D eigenvalue weighted by atomic mass is 9.80. The van der Waals surface area contributed by atoms with Gasteiger partial charge in [0, 0.05) is 43.8 Å². The van der Waals surface area contributed by atoms with Gasteiger partial charge in [0.2, 0.25) is 0 Å². The molecule has 0 amide bonds. The number of hydrogen-bond donors (Lipinski definition) is 2. The molecule has 1 fully saturated rings. The fourth-order valence-electron chi connectivity index (χ4n) is 3.83. The summed E-state index contributed by atoms with van der Waals surface area (Å²) in [6.07, 6.45) is 0. The quantitative estimate of drug-likeness (QED) is 0.775. The van der Waals surface area contributed by atoms with Crippen LogP contribution in [-0.4, -0.2) is 31.1 Å². The van der Waals surface area contributed by atoms with Gasteiger partial charge in [-0.15, -0.1) is 24.8 Å². The van der Waals surface area contributed by atoms with E-state index in [0.29, 0.717) is 12.0 Å². The van der Waals surface area contributed by atoms with Crippen LogP contribution in [0.4, 0.5) is 5.69 Å². The summed E-state index contributed by atoms with van der Waals surface area (Å²) in [5, 5.41) is 3.52. The van der Waals surface area contributed by atoms with Crippen molar-refractivity contribution in [2.75, 3.05) is 31.9 Å². The minimum Gasteiger partial charge on any atom is -0.398 e. The summed E-state index contributed by atoms with van der Waals surface area (Å²) in [6.45, 7) is 4.31. The highest BCUT2D eigenvalue weighted by atomic mass is 35.5. The molecule has 0 radical (unpaired) electrons. The lowest BCUT2D eigenvalue weighted by molar-refractivity contribution is 0.143. The predicted octanol–water partition coefficient (Wildman–Crippen LogP) is 3.20. The first-order chi connectivity index (χ1) is 10.3. The number of benzene rings is 2. The fraction of sp³-hybridized carbons (Fsp3) is 0.333. The molecule has 0 bridgehead atoms. The Hall–Kier alpha value is -1.26. The Labute approximate surface area is 150 Å². The van der Waals surface area contributed by atoms with E-state index >= 15 is 0 Å². The Morgan fingerprint density at radius 2 is 1.57 bits per heavy atom. The number of nitrogens with one attached hydrogen (secondary N) is 1. The third-order valence-corrected chi connectivity index (χ3v) is 4.87. The van der Waals surface area contributed by atoms with Crippen molar-refractivity contribution >= 4 is 30.5 Å². The Morgan fingerprint density at radius 1 is 0.913 bits per heavy atom. The van der Waals surface area contributed by atoms with Crippen molar-refractivity contribution in [2.45, 2.75) is 12.0 Å². The number of rotatable bonds is 1. The molecule has 5 heteroatoms. The molecule has 3 N–H and O–H groups in total. The first-order valence-corrected chi connectivity index (χ1v) is 7.72. The third kappa shape index (κ3) is 3.20. The second-order valence-corrected chi connectivity index (χ2v) is 6.03. The summed E-state index contributed by atoms with van der Waals surface area (Å²) in [5.41, 5.74) is 11.3. The first-order valence-electron chi connectivity index (χ1n) is 7.72. The van der Waals surface area contributed by atoms with Crippen molar-refractivity contribution < 1.29 is 0 Å². The zero-order chi connectivity index (χ0) is 14.2. The van der Waals surface area contributed by atoms with Crippen LogP contribution in [0.15, 0.2) is 48.5 Å². The van der Waals surface area contributed by atoms with Gasteiger partial charge < -0.3 is 11.1 Å². The molecule has 0 saturated carbocycles. The molecule has 2 heterocycles. The molecule has 0 aliphatic carbocycles. The zero-order valence-electron chi connectivity index (χ0n) is 12.9. The molecule has 0 unspecified atom stereocenters. The number of nitrogens with two attached hydrogens (primary N) is 1. The van der Waals surface area contributed by atoms with E-state index in [-0.39, 0.29) is 24.8 Å². The molecule has 124 valence electrons. The highest BCUT2D eigenvalue weighted by molar-refractivity contribution is 5.85. The van der Waals surface area contributed by atoms with Crippen LogP contribution in [0.5, 0.6) is 0 Å². The maximum Gasteiger partial charge on any atom is 0.0476 e. The van der Waals surface area contributed by atoms with E-state index in [2.05, 4.69) is 46.6 Å². The molecule has 23 heavy (non-hydrogen) atoms. The van der Waals surface area contributed by atoms with Crippen molar-refractivity contribution in [3.8, 4) is 0 Å². The number of nitrogen functional groups attached to an aromatic ring is 1. The average molecular weight is 352 g/mol. The number of hydrogen-bond acceptors (Lipinski definition) is 3. The van der Waals surface area contributed by atoms with E-state index in [0.717, 1.165) is 31.9 Å². The zero-order valence-corrected chi connectivity index (χ0v) is 14.6. The SMILES string of the molecule is Cl.Cl.Nc1ccccc1[C@@H]1CN2CCNC[C@@H]2c2ccccc21. The monoisotopic (exact) mass is 351 g/mol. The normalized spacial score (nSPS) is 23.0. The van der Waals surface area contributed by atoms with Crippen LogP contribution >= 0.6 is 24.8 Å². The predicted molar refractivity (Wildman–Crippen MR) is 101 cm³/mol. The van der Waals surface area contributed by atoms with Crippen LogP contribution in [0.2, 0.25) is 0 Å². The molecular weight excluding hydrogens is 329 g/mol.